The molecule has 58 valence electrons. The predicted molar refractivity (Wildman–Crippen MR) is 53.8 cm³/mol. The molecular weight excluding hydrogens is 284 g/mol. The Morgan fingerprint density at radius 1 is 1.70 bits per heavy atom. The molecule has 1 aliphatic heterocycles. The first-order chi connectivity index (χ1) is 4.61. The third-order valence-electron chi connectivity index (χ3n) is 1.51. The van der Waals surface area contributed by atoms with Gasteiger partial charge in [0.2, 0.25) is 0 Å². The number of nitrogens with zero attached hydrogens (tertiary/aromatic N) is 1. The van der Waals surface area contributed by atoms with Crippen LogP contribution in [0.3, 0.4) is 0 Å². The van der Waals surface area contributed by atoms with Crippen LogP contribution < -0.4 is 0 Å². The second-order valence-electron chi connectivity index (χ2n) is 2.29. The summed E-state index contributed by atoms with van der Waals surface area (Å²) < 4.78 is 1.25. The summed E-state index contributed by atoms with van der Waals surface area (Å²) in [7, 11) is 1.93. The van der Waals surface area contributed by atoms with Crippen LogP contribution in [0.2, 0.25) is 0 Å². The van der Waals surface area contributed by atoms with Crippen molar-refractivity contribution in [3.05, 3.63) is 9.66 Å². The third-order valence-corrected chi connectivity index (χ3v) is 3.21. The van der Waals surface area contributed by atoms with Crippen molar-refractivity contribution in [3.63, 3.8) is 0 Å². The molecule has 0 bridgehead atoms. The molecule has 0 radical (unpaired) electrons. The lowest BCUT2D eigenvalue weighted by Gasteiger charge is -2.29. The third kappa shape index (κ3) is 2.00. The Balaban J connectivity index is 2.69. The van der Waals surface area contributed by atoms with E-state index in [1.165, 1.54) is 3.58 Å². The molecule has 0 aromatic carbocycles. The SMILES string of the molecule is CN1C(Cl)C=C(I)CC1Cl. The van der Waals surface area contributed by atoms with Gasteiger partial charge in [-0.1, -0.05) is 0 Å². The average molecular weight is 292 g/mol. The van der Waals surface area contributed by atoms with E-state index in [1.807, 2.05) is 18.0 Å². The summed E-state index contributed by atoms with van der Waals surface area (Å²) in [6.45, 7) is 0. The molecule has 1 rings (SSSR count). The molecule has 1 aliphatic rings. The van der Waals surface area contributed by atoms with Crippen molar-refractivity contribution in [2.45, 2.75) is 17.4 Å². The van der Waals surface area contributed by atoms with Gasteiger partial charge in [0.15, 0.2) is 0 Å². The number of rotatable bonds is 0. The highest BCUT2D eigenvalue weighted by Gasteiger charge is 2.22. The van der Waals surface area contributed by atoms with Crippen molar-refractivity contribution < 1.29 is 0 Å². The molecule has 0 spiro atoms. The molecule has 0 fully saturated rings. The quantitative estimate of drug-likeness (QED) is 0.377. The van der Waals surface area contributed by atoms with E-state index >= 15 is 0 Å². The fraction of sp³-hybridized carbons (Fsp3) is 0.667. The van der Waals surface area contributed by atoms with Crippen LogP contribution in [-0.2, 0) is 0 Å². The Hall–Kier alpha value is 1.01. The van der Waals surface area contributed by atoms with E-state index in [0.717, 1.165) is 6.42 Å². The summed E-state index contributed by atoms with van der Waals surface area (Å²) in [4.78, 5) is 1.94. The summed E-state index contributed by atoms with van der Waals surface area (Å²) >= 11 is 14.1. The number of halogens is 3. The summed E-state index contributed by atoms with van der Waals surface area (Å²) in [5, 5.41) is 0. The zero-order valence-electron chi connectivity index (χ0n) is 5.52. The van der Waals surface area contributed by atoms with Crippen molar-refractivity contribution in [2.24, 2.45) is 0 Å². The summed E-state index contributed by atoms with van der Waals surface area (Å²) in [6.07, 6.45) is 2.92. The van der Waals surface area contributed by atoms with E-state index in [1.54, 1.807) is 0 Å². The van der Waals surface area contributed by atoms with E-state index in [4.69, 9.17) is 23.2 Å². The van der Waals surface area contributed by atoms with Gasteiger partial charge < -0.3 is 0 Å². The number of hydrogen-bond acceptors (Lipinski definition) is 1. The van der Waals surface area contributed by atoms with Gasteiger partial charge in [0.25, 0.3) is 0 Å². The Morgan fingerprint density at radius 2 is 2.30 bits per heavy atom. The van der Waals surface area contributed by atoms with Crippen molar-refractivity contribution in [3.8, 4) is 0 Å². The first-order valence-electron chi connectivity index (χ1n) is 2.97. The fourth-order valence-corrected chi connectivity index (χ4v) is 2.66. The second-order valence-corrected chi connectivity index (χ2v) is 4.63. The van der Waals surface area contributed by atoms with Crippen LogP contribution in [0.1, 0.15) is 6.42 Å². The lowest BCUT2D eigenvalue weighted by molar-refractivity contribution is 0.303. The van der Waals surface area contributed by atoms with Gasteiger partial charge in [0, 0.05) is 6.42 Å². The van der Waals surface area contributed by atoms with Crippen molar-refractivity contribution in [2.75, 3.05) is 7.05 Å². The molecule has 0 saturated heterocycles. The van der Waals surface area contributed by atoms with Gasteiger partial charge >= 0.3 is 0 Å². The maximum atomic E-state index is 5.95. The summed E-state index contributed by atoms with van der Waals surface area (Å²) in [5.74, 6) is 0. The van der Waals surface area contributed by atoms with Crippen LogP contribution in [0, 0.1) is 0 Å². The molecule has 0 aromatic rings. The number of likely N-dealkylation sites (N-methyl/N-ethyl adjacent to an activating group) is 1. The van der Waals surface area contributed by atoms with E-state index in [0.29, 0.717) is 0 Å². The molecule has 1 nitrogen and oxygen atoms in total. The van der Waals surface area contributed by atoms with Crippen LogP contribution in [0.15, 0.2) is 9.66 Å². The van der Waals surface area contributed by atoms with Crippen molar-refractivity contribution in [1.82, 2.24) is 4.90 Å². The molecule has 0 aliphatic carbocycles. The molecule has 10 heavy (non-hydrogen) atoms. The molecule has 1 heterocycles. The van der Waals surface area contributed by atoms with Gasteiger partial charge in [-0.05, 0) is 39.3 Å². The molecule has 2 unspecified atom stereocenters. The minimum Gasteiger partial charge on any atom is -0.271 e. The Morgan fingerprint density at radius 3 is 2.80 bits per heavy atom. The lowest BCUT2D eigenvalue weighted by atomic mass is 10.3. The lowest BCUT2D eigenvalue weighted by Crippen LogP contribution is -2.35. The first kappa shape index (κ1) is 9.10. The van der Waals surface area contributed by atoms with E-state index in [-0.39, 0.29) is 11.0 Å². The van der Waals surface area contributed by atoms with E-state index < -0.39 is 0 Å². The van der Waals surface area contributed by atoms with E-state index in [9.17, 15) is 0 Å². The highest BCUT2D eigenvalue weighted by atomic mass is 127. The Labute approximate surface area is 84.5 Å². The normalized spacial score (nSPS) is 35.8. The highest BCUT2D eigenvalue weighted by Crippen LogP contribution is 2.28. The molecule has 0 N–H and O–H groups in total. The predicted octanol–water partition coefficient (Wildman–Crippen LogP) is 2.77. The highest BCUT2D eigenvalue weighted by molar-refractivity contribution is 14.1. The zero-order chi connectivity index (χ0) is 7.72. The molecule has 0 amide bonds. The van der Waals surface area contributed by atoms with Crippen LogP contribution in [0.25, 0.3) is 0 Å². The Bertz CT molecular complexity index is 160. The summed E-state index contributed by atoms with van der Waals surface area (Å²) in [6, 6.07) is 0. The van der Waals surface area contributed by atoms with Crippen molar-refractivity contribution >= 4 is 45.8 Å². The number of alkyl halides is 2. The maximum Gasteiger partial charge on any atom is 0.106 e. The monoisotopic (exact) mass is 291 g/mol. The largest absolute Gasteiger partial charge is 0.271 e. The van der Waals surface area contributed by atoms with Gasteiger partial charge in [0.05, 0.1) is 5.50 Å². The fourth-order valence-electron chi connectivity index (χ4n) is 0.794. The molecule has 2 atom stereocenters. The smallest absolute Gasteiger partial charge is 0.106 e. The van der Waals surface area contributed by atoms with Gasteiger partial charge in [-0.2, -0.15) is 0 Å². The molecular formula is C6H8Cl2IN. The minimum atomic E-state index is -0.0388. The van der Waals surface area contributed by atoms with Crippen LogP contribution >= 0.6 is 45.8 Å². The van der Waals surface area contributed by atoms with Crippen LogP contribution in [-0.4, -0.2) is 22.9 Å². The van der Waals surface area contributed by atoms with Crippen LogP contribution in [0.5, 0.6) is 0 Å². The summed E-state index contributed by atoms with van der Waals surface area (Å²) in [5.41, 5.74) is 0.0162. The average Bonchev–Trinajstić information content (AvgIpc) is 1.82. The van der Waals surface area contributed by atoms with Crippen LogP contribution in [0.4, 0.5) is 0 Å². The topological polar surface area (TPSA) is 3.24 Å². The number of hydrogen-bond donors (Lipinski definition) is 0. The molecule has 4 heteroatoms. The maximum absolute atomic E-state index is 5.95. The van der Waals surface area contributed by atoms with E-state index in [2.05, 4.69) is 22.6 Å². The zero-order valence-corrected chi connectivity index (χ0v) is 9.19. The van der Waals surface area contributed by atoms with Gasteiger partial charge in [-0.3, -0.25) is 4.90 Å². The van der Waals surface area contributed by atoms with Gasteiger partial charge in [-0.25, -0.2) is 0 Å². The van der Waals surface area contributed by atoms with Gasteiger partial charge in [-0.15, -0.1) is 23.2 Å². The second kappa shape index (κ2) is 3.61. The molecule has 0 saturated carbocycles. The standard InChI is InChI=1S/C6H8Cl2IN/c1-10-5(7)2-4(9)3-6(10)8/h2,5-6H,3H2,1H3. The van der Waals surface area contributed by atoms with Crippen molar-refractivity contribution in [1.29, 1.82) is 0 Å². The minimum absolute atomic E-state index is 0.0388. The molecule has 0 aromatic heterocycles. The first-order valence-corrected chi connectivity index (χ1v) is 4.92. The Kier molecular flexibility index (Phi) is 3.28. The van der Waals surface area contributed by atoms with Gasteiger partial charge in [0.1, 0.15) is 5.50 Å².